The minimum atomic E-state index is -0.00305. The summed E-state index contributed by atoms with van der Waals surface area (Å²) in [5.41, 5.74) is 1.09. The first-order chi connectivity index (χ1) is 14.3. The molecule has 0 spiro atoms. The molecule has 1 amide bonds. The largest absolute Gasteiger partial charge is 0.377 e. The molecular formula is C23H39N5O2. The average molecular weight is 418 g/mol. The van der Waals surface area contributed by atoms with E-state index in [9.17, 15) is 4.79 Å². The summed E-state index contributed by atoms with van der Waals surface area (Å²) in [6.45, 7) is 11.8. The Morgan fingerprint density at radius 1 is 1.33 bits per heavy atom. The normalized spacial score (nSPS) is 20.0. The van der Waals surface area contributed by atoms with Crippen molar-refractivity contribution < 1.29 is 9.53 Å². The fourth-order valence-electron chi connectivity index (χ4n) is 3.80. The van der Waals surface area contributed by atoms with Crippen molar-refractivity contribution in [2.45, 2.75) is 53.1 Å². The van der Waals surface area contributed by atoms with Crippen molar-refractivity contribution in [3.8, 4) is 0 Å². The molecule has 1 aromatic heterocycles. The molecule has 1 fully saturated rings. The fourth-order valence-corrected chi connectivity index (χ4v) is 3.80. The van der Waals surface area contributed by atoms with Crippen LogP contribution in [0.25, 0.3) is 0 Å². The van der Waals surface area contributed by atoms with Crippen LogP contribution < -0.4 is 10.6 Å². The number of aromatic nitrogens is 1. The summed E-state index contributed by atoms with van der Waals surface area (Å²) in [7, 11) is 1.81. The molecule has 2 atom stereocenters. The number of nitrogens with zero attached hydrogens (tertiary/aromatic N) is 3. The predicted octanol–water partition coefficient (Wildman–Crippen LogP) is 2.48. The molecule has 2 N–H and O–H groups in total. The number of pyridine rings is 1. The molecule has 1 aromatic rings. The molecule has 0 aromatic carbocycles. The van der Waals surface area contributed by atoms with Crippen molar-refractivity contribution in [3.63, 3.8) is 0 Å². The quantitative estimate of drug-likeness (QED) is 0.502. The van der Waals surface area contributed by atoms with Gasteiger partial charge in [0.05, 0.1) is 6.10 Å². The van der Waals surface area contributed by atoms with Crippen LogP contribution in [0, 0.1) is 11.3 Å². The van der Waals surface area contributed by atoms with Gasteiger partial charge in [0, 0.05) is 57.5 Å². The Morgan fingerprint density at radius 2 is 2.13 bits per heavy atom. The lowest BCUT2D eigenvalue weighted by atomic mass is 9.78. The van der Waals surface area contributed by atoms with Crippen LogP contribution in [-0.2, 0) is 16.0 Å². The zero-order valence-electron chi connectivity index (χ0n) is 19.3. The van der Waals surface area contributed by atoms with Crippen molar-refractivity contribution in [2.75, 3.05) is 39.8 Å². The van der Waals surface area contributed by atoms with Crippen molar-refractivity contribution in [2.24, 2.45) is 16.3 Å². The second-order valence-electron chi connectivity index (χ2n) is 9.02. The van der Waals surface area contributed by atoms with Crippen LogP contribution >= 0.6 is 0 Å². The zero-order chi connectivity index (χ0) is 22.0. The second-order valence-corrected chi connectivity index (χ2v) is 9.02. The summed E-state index contributed by atoms with van der Waals surface area (Å²) in [4.78, 5) is 23.0. The lowest BCUT2D eigenvalue weighted by Gasteiger charge is -2.40. The van der Waals surface area contributed by atoms with Gasteiger partial charge in [-0.1, -0.05) is 26.8 Å². The van der Waals surface area contributed by atoms with E-state index < -0.39 is 0 Å². The molecule has 7 heteroatoms. The number of aliphatic imine (C=N–C) groups is 1. The van der Waals surface area contributed by atoms with Crippen LogP contribution in [0.2, 0.25) is 0 Å². The summed E-state index contributed by atoms with van der Waals surface area (Å²) in [5.74, 6) is 1.11. The molecule has 2 heterocycles. The number of ether oxygens (including phenoxy) is 1. The molecule has 0 bridgehead atoms. The highest BCUT2D eigenvalue weighted by molar-refractivity contribution is 5.84. The molecule has 0 saturated carbocycles. The Morgan fingerprint density at radius 3 is 2.80 bits per heavy atom. The number of amides is 1. The van der Waals surface area contributed by atoms with Crippen molar-refractivity contribution in [3.05, 3.63) is 30.1 Å². The van der Waals surface area contributed by atoms with Gasteiger partial charge in [0.15, 0.2) is 5.96 Å². The van der Waals surface area contributed by atoms with Crippen LogP contribution in [0.3, 0.4) is 0 Å². The van der Waals surface area contributed by atoms with E-state index in [2.05, 4.69) is 41.4 Å². The summed E-state index contributed by atoms with van der Waals surface area (Å²) in [5, 5.41) is 6.67. The monoisotopic (exact) mass is 417 g/mol. The lowest BCUT2D eigenvalue weighted by molar-refractivity contribution is -0.128. The van der Waals surface area contributed by atoms with Gasteiger partial charge in [-0.15, -0.1) is 0 Å². The Kier molecular flexibility index (Phi) is 9.56. The van der Waals surface area contributed by atoms with E-state index in [0.29, 0.717) is 18.4 Å². The fraction of sp³-hybridized carbons (Fsp3) is 0.696. The minimum absolute atomic E-state index is 0.00305. The van der Waals surface area contributed by atoms with Crippen molar-refractivity contribution in [1.29, 1.82) is 0 Å². The number of likely N-dealkylation sites (N-methyl/N-ethyl adjacent to an activating group) is 1. The lowest BCUT2D eigenvalue weighted by Crippen LogP contribution is -2.47. The van der Waals surface area contributed by atoms with Crippen LogP contribution in [0.15, 0.2) is 29.4 Å². The number of carbonyl (C=O) groups is 1. The zero-order valence-corrected chi connectivity index (χ0v) is 19.3. The Balaban J connectivity index is 1.85. The number of hydrogen-bond donors (Lipinski definition) is 2. The SMILES string of the molecule is CCNC(=NCC(=O)N(C)CCc1ccccn1)NCC1CCCOC1C(C)(C)C. The van der Waals surface area contributed by atoms with Gasteiger partial charge in [-0.3, -0.25) is 9.78 Å². The molecule has 2 rings (SSSR count). The maximum absolute atomic E-state index is 12.5. The summed E-state index contributed by atoms with van der Waals surface area (Å²) in [6, 6.07) is 5.83. The number of rotatable bonds is 8. The highest BCUT2D eigenvalue weighted by Crippen LogP contribution is 2.33. The van der Waals surface area contributed by atoms with Gasteiger partial charge in [-0.25, -0.2) is 4.99 Å². The summed E-state index contributed by atoms with van der Waals surface area (Å²) < 4.78 is 6.07. The average Bonchev–Trinajstić information content (AvgIpc) is 2.74. The Bertz CT molecular complexity index is 672. The minimum Gasteiger partial charge on any atom is -0.377 e. The van der Waals surface area contributed by atoms with Crippen molar-refractivity contribution >= 4 is 11.9 Å². The van der Waals surface area contributed by atoms with Gasteiger partial charge < -0.3 is 20.3 Å². The Hall–Kier alpha value is -2.15. The van der Waals surface area contributed by atoms with Crippen LogP contribution in [-0.4, -0.2) is 67.7 Å². The summed E-state index contributed by atoms with van der Waals surface area (Å²) >= 11 is 0. The maximum atomic E-state index is 12.5. The molecule has 1 aliphatic heterocycles. The number of nitrogens with one attached hydrogen (secondary N) is 2. The third-order valence-corrected chi connectivity index (χ3v) is 5.40. The summed E-state index contributed by atoms with van der Waals surface area (Å²) in [6.07, 6.45) is 4.97. The Labute approximate surface area is 181 Å². The standard InChI is InChI=1S/C23H39N5O2/c1-6-24-22(26-16-18-10-9-15-30-21(18)23(2,3)4)27-17-20(29)28(5)14-12-19-11-7-8-13-25-19/h7-8,11,13,18,21H,6,9-10,12,14-17H2,1-5H3,(H2,24,26,27). The first-order valence-electron chi connectivity index (χ1n) is 11.1. The van der Waals surface area contributed by atoms with Gasteiger partial charge in [0.1, 0.15) is 6.54 Å². The maximum Gasteiger partial charge on any atom is 0.244 e. The first-order valence-corrected chi connectivity index (χ1v) is 11.1. The molecule has 0 aliphatic carbocycles. The number of guanidine groups is 1. The van der Waals surface area contributed by atoms with Crippen LogP contribution in [0.5, 0.6) is 0 Å². The van der Waals surface area contributed by atoms with E-state index in [-0.39, 0.29) is 24.0 Å². The van der Waals surface area contributed by atoms with Crippen LogP contribution in [0.1, 0.15) is 46.2 Å². The highest BCUT2D eigenvalue weighted by Gasteiger charge is 2.35. The van der Waals surface area contributed by atoms with E-state index in [1.807, 2.05) is 32.2 Å². The van der Waals surface area contributed by atoms with E-state index >= 15 is 0 Å². The van der Waals surface area contributed by atoms with Gasteiger partial charge in [-0.05, 0) is 37.3 Å². The molecular weight excluding hydrogens is 378 g/mol. The second kappa shape index (κ2) is 11.9. The number of hydrogen-bond acceptors (Lipinski definition) is 4. The molecule has 1 aliphatic rings. The molecule has 168 valence electrons. The third kappa shape index (κ3) is 7.94. The molecule has 1 saturated heterocycles. The first kappa shape index (κ1) is 24.1. The third-order valence-electron chi connectivity index (χ3n) is 5.40. The molecule has 30 heavy (non-hydrogen) atoms. The predicted molar refractivity (Wildman–Crippen MR) is 121 cm³/mol. The van der Waals surface area contributed by atoms with Gasteiger partial charge in [-0.2, -0.15) is 0 Å². The van der Waals surface area contributed by atoms with E-state index in [1.165, 1.54) is 0 Å². The molecule has 2 unspecified atom stereocenters. The highest BCUT2D eigenvalue weighted by atomic mass is 16.5. The van der Waals surface area contributed by atoms with Crippen LogP contribution in [0.4, 0.5) is 0 Å². The smallest absolute Gasteiger partial charge is 0.244 e. The topological polar surface area (TPSA) is 78.9 Å². The van der Waals surface area contributed by atoms with E-state index in [4.69, 9.17) is 4.74 Å². The van der Waals surface area contributed by atoms with Gasteiger partial charge in [0.2, 0.25) is 5.91 Å². The molecule has 7 nitrogen and oxygen atoms in total. The van der Waals surface area contributed by atoms with E-state index in [0.717, 1.165) is 44.7 Å². The van der Waals surface area contributed by atoms with Gasteiger partial charge >= 0.3 is 0 Å². The van der Waals surface area contributed by atoms with Crippen molar-refractivity contribution in [1.82, 2.24) is 20.5 Å². The van der Waals surface area contributed by atoms with E-state index in [1.54, 1.807) is 11.1 Å². The van der Waals surface area contributed by atoms with Gasteiger partial charge in [0.25, 0.3) is 0 Å². The molecule has 0 radical (unpaired) electrons. The number of carbonyl (C=O) groups excluding carboxylic acids is 1.